The van der Waals surface area contributed by atoms with Crippen molar-refractivity contribution in [2.45, 2.75) is 43.4 Å². The molecule has 2 amide bonds. The topological polar surface area (TPSA) is 75.9 Å². The molecule has 0 saturated carbocycles. The second-order valence-corrected chi connectivity index (χ2v) is 8.72. The van der Waals surface area contributed by atoms with Gasteiger partial charge in [0.15, 0.2) is 0 Å². The molecule has 0 spiro atoms. The lowest BCUT2D eigenvalue weighted by molar-refractivity contribution is -0.142. The van der Waals surface area contributed by atoms with Gasteiger partial charge in [-0.1, -0.05) is 17.3 Å². The molecule has 2 saturated heterocycles. The maximum atomic E-state index is 13.2. The van der Waals surface area contributed by atoms with Crippen LogP contribution in [0.3, 0.4) is 0 Å². The molecule has 0 radical (unpaired) electrons. The highest BCUT2D eigenvalue weighted by molar-refractivity contribution is 7.98. The molecule has 0 aliphatic carbocycles. The van der Waals surface area contributed by atoms with E-state index in [1.54, 1.807) is 11.8 Å². The Kier molecular flexibility index (Phi) is 6.43. The second-order valence-electron chi connectivity index (χ2n) is 7.71. The van der Waals surface area contributed by atoms with Crippen molar-refractivity contribution < 1.29 is 18.8 Å². The number of thioether (sulfide) groups is 1. The highest BCUT2D eigenvalue weighted by atomic mass is 32.2. The third-order valence-corrected chi connectivity index (χ3v) is 6.85. The van der Waals surface area contributed by atoms with Crippen molar-refractivity contribution in [3.8, 4) is 0 Å². The summed E-state index contributed by atoms with van der Waals surface area (Å²) in [6.45, 7) is 6.69. The minimum Gasteiger partial charge on any atom is -0.368 e. The number of ether oxygens (including phenoxy) is 1. The summed E-state index contributed by atoms with van der Waals surface area (Å²) in [6.07, 6.45) is 1.44. The number of aryl methyl sites for hydroxylation is 2. The van der Waals surface area contributed by atoms with Crippen LogP contribution < -0.4 is 0 Å². The molecule has 2 aliphatic rings. The third-order valence-electron chi connectivity index (χ3n) is 5.75. The van der Waals surface area contributed by atoms with Gasteiger partial charge in [0.25, 0.3) is 11.8 Å². The van der Waals surface area contributed by atoms with Gasteiger partial charge in [-0.3, -0.25) is 9.59 Å². The number of benzene rings is 1. The molecule has 1 aromatic carbocycles. The minimum atomic E-state index is -0.297. The predicted molar refractivity (Wildman–Crippen MR) is 113 cm³/mol. The van der Waals surface area contributed by atoms with E-state index in [0.29, 0.717) is 44.1 Å². The summed E-state index contributed by atoms with van der Waals surface area (Å²) in [5.74, 6) is 1.60. The Labute approximate surface area is 180 Å². The quantitative estimate of drug-likeness (QED) is 0.680. The zero-order valence-corrected chi connectivity index (χ0v) is 18.2. The first-order chi connectivity index (χ1) is 14.5. The van der Waals surface area contributed by atoms with Crippen LogP contribution in [-0.4, -0.2) is 65.7 Å². The van der Waals surface area contributed by atoms with E-state index in [1.807, 2.05) is 47.9 Å². The lowest BCUT2D eigenvalue weighted by atomic mass is 10.1. The van der Waals surface area contributed by atoms with Gasteiger partial charge in [-0.25, -0.2) is 0 Å². The SMILES string of the molecule is Cc1noc(C)c1CSc1ccccc1C(=O)N1CCN(C(=O)C2CCCO2)CC1. The maximum absolute atomic E-state index is 13.2. The molecule has 8 heteroatoms. The number of carbonyl (C=O) groups is 2. The fourth-order valence-electron chi connectivity index (χ4n) is 3.90. The molecule has 2 aliphatic heterocycles. The predicted octanol–water partition coefficient (Wildman–Crippen LogP) is 3.05. The van der Waals surface area contributed by atoms with Gasteiger partial charge in [0, 0.05) is 49.0 Å². The van der Waals surface area contributed by atoms with Gasteiger partial charge in [-0.05, 0) is 38.8 Å². The van der Waals surface area contributed by atoms with Crippen molar-refractivity contribution in [1.29, 1.82) is 0 Å². The summed E-state index contributed by atoms with van der Waals surface area (Å²) >= 11 is 1.62. The van der Waals surface area contributed by atoms with Crippen LogP contribution in [0, 0.1) is 13.8 Å². The van der Waals surface area contributed by atoms with Gasteiger partial charge in [-0.2, -0.15) is 0 Å². The Morgan fingerprint density at radius 2 is 1.87 bits per heavy atom. The minimum absolute atomic E-state index is 0.0149. The largest absolute Gasteiger partial charge is 0.368 e. The van der Waals surface area contributed by atoms with Crippen LogP contribution in [0.5, 0.6) is 0 Å². The standard InChI is InChI=1S/C22H27N3O4S/c1-15-18(16(2)29-23-15)14-30-20-8-4-3-6-17(20)21(26)24-9-11-25(12-10-24)22(27)19-7-5-13-28-19/h3-4,6,8,19H,5,7,9-14H2,1-2H3. The van der Waals surface area contributed by atoms with E-state index >= 15 is 0 Å². The summed E-state index contributed by atoms with van der Waals surface area (Å²) in [7, 11) is 0. The van der Waals surface area contributed by atoms with E-state index < -0.39 is 0 Å². The Hall–Kier alpha value is -2.32. The van der Waals surface area contributed by atoms with E-state index in [2.05, 4.69) is 5.16 Å². The summed E-state index contributed by atoms with van der Waals surface area (Å²) in [4.78, 5) is 30.4. The van der Waals surface area contributed by atoms with E-state index in [4.69, 9.17) is 9.26 Å². The molecule has 7 nitrogen and oxygen atoms in total. The zero-order chi connectivity index (χ0) is 21.1. The summed E-state index contributed by atoms with van der Waals surface area (Å²) in [6, 6.07) is 7.70. The highest BCUT2D eigenvalue weighted by Gasteiger charge is 2.32. The van der Waals surface area contributed by atoms with Crippen molar-refractivity contribution >= 4 is 23.6 Å². The van der Waals surface area contributed by atoms with Gasteiger partial charge in [-0.15, -0.1) is 11.8 Å². The molecule has 0 N–H and O–H groups in total. The summed E-state index contributed by atoms with van der Waals surface area (Å²) < 4.78 is 10.8. The van der Waals surface area contributed by atoms with Gasteiger partial charge < -0.3 is 19.1 Å². The Morgan fingerprint density at radius 3 is 2.53 bits per heavy atom. The summed E-state index contributed by atoms with van der Waals surface area (Å²) in [5.41, 5.74) is 2.66. The molecule has 1 atom stereocenters. The van der Waals surface area contributed by atoms with Crippen LogP contribution in [0.25, 0.3) is 0 Å². The summed E-state index contributed by atoms with van der Waals surface area (Å²) in [5, 5.41) is 4.00. The van der Waals surface area contributed by atoms with Crippen LogP contribution >= 0.6 is 11.8 Å². The highest BCUT2D eigenvalue weighted by Crippen LogP contribution is 2.29. The molecular weight excluding hydrogens is 402 g/mol. The Bertz CT molecular complexity index is 895. The molecule has 4 rings (SSSR count). The molecule has 0 bridgehead atoms. The number of hydrogen-bond donors (Lipinski definition) is 0. The van der Waals surface area contributed by atoms with Gasteiger partial charge in [0.1, 0.15) is 11.9 Å². The first-order valence-electron chi connectivity index (χ1n) is 10.4. The van der Waals surface area contributed by atoms with Crippen LogP contribution in [0.1, 0.15) is 40.2 Å². The number of rotatable bonds is 5. The molecular formula is C22H27N3O4S. The normalized spacial score (nSPS) is 19.3. The lowest BCUT2D eigenvalue weighted by Crippen LogP contribution is -2.52. The third kappa shape index (κ3) is 4.39. The van der Waals surface area contributed by atoms with Crippen LogP contribution in [0.15, 0.2) is 33.7 Å². The zero-order valence-electron chi connectivity index (χ0n) is 17.4. The van der Waals surface area contributed by atoms with Crippen molar-refractivity contribution in [3.05, 3.63) is 46.8 Å². The van der Waals surface area contributed by atoms with Crippen LogP contribution in [-0.2, 0) is 15.3 Å². The van der Waals surface area contributed by atoms with Gasteiger partial charge in [0.2, 0.25) is 0 Å². The van der Waals surface area contributed by atoms with Crippen LogP contribution in [0.4, 0.5) is 0 Å². The number of aromatic nitrogens is 1. The number of nitrogens with zero attached hydrogens (tertiary/aromatic N) is 3. The number of amides is 2. The molecule has 30 heavy (non-hydrogen) atoms. The molecule has 3 heterocycles. The number of hydrogen-bond acceptors (Lipinski definition) is 6. The fraction of sp³-hybridized carbons (Fsp3) is 0.500. The average molecular weight is 430 g/mol. The molecule has 2 aromatic rings. The molecule has 1 unspecified atom stereocenters. The van der Waals surface area contributed by atoms with Crippen molar-refractivity contribution in [1.82, 2.24) is 15.0 Å². The molecule has 1 aromatic heterocycles. The fourth-order valence-corrected chi connectivity index (χ4v) is 5.10. The van der Waals surface area contributed by atoms with Crippen molar-refractivity contribution in [2.24, 2.45) is 0 Å². The smallest absolute Gasteiger partial charge is 0.255 e. The van der Waals surface area contributed by atoms with E-state index in [0.717, 1.165) is 34.8 Å². The Morgan fingerprint density at radius 1 is 1.13 bits per heavy atom. The van der Waals surface area contributed by atoms with E-state index in [9.17, 15) is 9.59 Å². The Balaban J connectivity index is 1.39. The van der Waals surface area contributed by atoms with Gasteiger partial charge in [0.05, 0.1) is 11.3 Å². The van der Waals surface area contributed by atoms with Crippen molar-refractivity contribution in [2.75, 3.05) is 32.8 Å². The second kappa shape index (κ2) is 9.22. The van der Waals surface area contributed by atoms with E-state index in [1.165, 1.54) is 0 Å². The van der Waals surface area contributed by atoms with Gasteiger partial charge >= 0.3 is 0 Å². The number of piperazine rings is 1. The first-order valence-corrected chi connectivity index (χ1v) is 11.4. The molecule has 160 valence electrons. The molecule has 2 fully saturated rings. The van der Waals surface area contributed by atoms with E-state index in [-0.39, 0.29) is 17.9 Å². The van der Waals surface area contributed by atoms with Crippen LogP contribution in [0.2, 0.25) is 0 Å². The first kappa shape index (κ1) is 20.9. The monoisotopic (exact) mass is 429 g/mol. The lowest BCUT2D eigenvalue weighted by Gasteiger charge is -2.36. The van der Waals surface area contributed by atoms with Crippen molar-refractivity contribution in [3.63, 3.8) is 0 Å². The average Bonchev–Trinajstić information content (AvgIpc) is 3.42. The maximum Gasteiger partial charge on any atom is 0.255 e. The number of carbonyl (C=O) groups excluding carboxylic acids is 2.